The van der Waals surface area contributed by atoms with Crippen molar-refractivity contribution in [3.8, 4) is 33.4 Å². The first-order chi connectivity index (χ1) is 28.3. The molecule has 1 aliphatic rings. The summed E-state index contributed by atoms with van der Waals surface area (Å²) < 4.78 is 2.62. The Morgan fingerprint density at radius 1 is 0.333 bits per heavy atom. The summed E-state index contributed by atoms with van der Waals surface area (Å²) in [6.45, 7) is 0. The third-order valence-electron chi connectivity index (χ3n) is 11.8. The molecule has 268 valence electrons. The lowest BCUT2D eigenvalue weighted by Crippen LogP contribution is -2.28. The smallest absolute Gasteiger partial charge is 0.0714 e. The summed E-state index contributed by atoms with van der Waals surface area (Å²) in [6, 6.07) is 82.6. The molecule has 0 amide bonds. The van der Waals surface area contributed by atoms with Crippen LogP contribution in [0.5, 0.6) is 0 Å². The molecule has 0 radical (unpaired) electrons. The van der Waals surface area contributed by atoms with Gasteiger partial charge in [0.2, 0.25) is 0 Å². The van der Waals surface area contributed by atoms with Gasteiger partial charge in [-0.05, 0) is 98.6 Å². The Morgan fingerprint density at radius 3 is 1.63 bits per heavy atom. The highest BCUT2D eigenvalue weighted by Gasteiger charge is 2.46. The minimum Gasteiger partial charge on any atom is -0.310 e. The Bertz CT molecular complexity index is 3020. The number of para-hydroxylation sites is 1. The number of nitrogens with zero attached hydrogens (tertiary/aromatic N) is 1. The molecule has 0 aliphatic heterocycles. The van der Waals surface area contributed by atoms with Crippen LogP contribution in [0.25, 0.3) is 53.6 Å². The second kappa shape index (κ2) is 13.6. The molecule has 0 unspecified atom stereocenters. The first-order valence-corrected chi connectivity index (χ1v) is 20.4. The van der Waals surface area contributed by atoms with Gasteiger partial charge in [-0.3, -0.25) is 0 Å². The Morgan fingerprint density at radius 2 is 0.877 bits per heavy atom. The van der Waals surface area contributed by atoms with Crippen molar-refractivity contribution in [2.75, 3.05) is 4.90 Å². The van der Waals surface area contributed by atoms with Crippen LogP contribution in [0, 0.1) is 0 Å². The predicted molar refractivity (Wildman–Crippen MR) is 242 cm³/mol. The van der Waals surface area contributed by atoms with Crippen LogP contribution in [0.2, 0.25) is 0 Å². The van der Waals surface area contributed by atoms with E-state index in [9.17, 15) is 0 Å². The predicted octanol–water partition coefficient (Wildman–Crippen LogP) is 15.2. The van der Waals surface area contributed by atoms with Crippen molar-refractivity contribution in [1.29, 1.82) is 0 Å². The van der Waals surface area contributed by atoms with Crippen molar-refractivity contribution < 1.29 is 0 Å². The maximum absolute atomic E-state index is 2.47. The normalized spacial score (nSPS) is 12.7. The molecule has 0 saturated heterocycles. The summed E-state index contributed by atoms with van der Waals surface area (Å²) in [6.07, 6.45) is 0. The third-order valence-corrected chi connectivity index (χ3v) is 12.9. The largest absolute Gasteiger partial charge is 0.310 e. The zero-order chi connectivity index (χ0) is 37.8. The zero-order valence-electron chi connectivity index (χ0n) is 31.2. The molecule has 57 heavy (non-hydrogen) atoms. The van der Waals surface area contributed by atoms with Gasteiger partial charge in [0.25, 0.3) is 0 Å². The van der Waals surface area contributed by atoms with Crippen molar-refractivity contribution in [3.05, 3.63) is 247 Å². The molecule has 9 aromatic carbocycles. The molecule has 2 heteroatoms. The molecule has 1 aliphatic carbocycles. The molecule has 0 spiro atoms. The van der Waals surface area contributed by atoms with E-state index in [1.165, 1.54) is 75.8 Å². The summed E-state index contributed by atoms with van der Waals surface area (Å²) in [7, 11) is 0. The second-order valence-electron chi connectivity index (χ2n) is 14.8. The fourth-order valence-electron chi connectivity index (χ4n) is 9.24. The van der Waals surface area contributed by atoms with Crippen LogP contribution in [0.4, 0.5) is 17.1 Å². The van der Waals surface area contributed by atoms with Gasteiger partial charge in [-0.15, -0.1) is 11.3 Å². The van der Waals surface area contributed by atoms with Gasteiger partial charge in [-0.2, -0.15) is 0 Å². The van der Waals surface area contributed by atoms with Crippen LogP contribution in [0.15, 0.2) is 224 Å². The van der Waals surface area contributed by atoms with Crippen LogP contribution < -0.4 is 4.90 Å². The van der Waals surface area contributed by atoms with Gasteiger partial charge >= 0.3 is 0 Å². The lowest BCUT2D eigenvalue weighted by Gasteiger charge is -2.35. The highest BCUT2D eigenvalue weighted by molar-refractivity contribution is 7.25. The van der Waals surface area contributed by atoms with E-state index in [1.807, 2.05) is 11.3 Å². The van der Waals surface area contributed by atoms with E-state index < -0.39 is 5.41 Å². The number of rotatable bonds is 7. The summed E-state index contributed by atoms with van der Waals surface area (Å²) in [4.78, 5) is 2.46. The molecule has 0 atom stereocenters. The van der Waals surface area contributed by atoms with Gasteiger partial charge in [-0.1, -0.05) is 176 Å². The number of hydrogen-bond acceptors (Lipinski definition) is 2. The first kappa shape index (κ1) is 33.3. The van der Waals surface area contributed by atoms with Crippen molar-refractivity contribution in [2.45, 2.75) is 5.41 Å². The molecular weight excluding hydrogens is 707 g/mol. The van der Waals surface area contributed by atoms with Crippen LogP contribution in [0.3, 0.4) is 0 Å². The molecule has 10 aromatic rings. The topological polar surface area (TPSA) is 3.24 Å². The SMILES string of the molecule is c1ccc(-c2ccc(N(c3ccc4c(c3)C(c3ccccc3)(c3ccccc3)c3ccccc3-4)c3ccccc3-c3ccc4sc5ccccc5c4c3)cc2)cc1. The second-order valence-corrected chi connectivity index (χ2v) is 15.9. The number of fused-ring (bicyclic) bond motifs is 6. The zero-order valence-corrected chi connectivity index (χ0v) is 32.0. The molecule has 11 rings (SSSR count). The number of benzene rings is 9. The van der Waals surface area contributed by atoms with E-state index >= 15 is 0 Å². The van der Waals surface area contributed by atoms with Gasteiger partial charge in [0.15, 0.2) is 0 Å². The van der Waals surface area contributed by atoms with Crippen molar-refractivity contribution >= 4 is 48.6 Å². The Kier molecular flexibility index (Phi) is 7.98. The van der Waals surface area contributed by atoms with E-state index in [0.29, 0.717) is 0 Å². The van der Waals surface area contributed by atoms with E-state index in [0.717, 1.165) is 17.1 Å². The molecule has 0 N–H and O–H groups in total. The Labute approximate surface area is 337 Å². The average Bonchev–Trinajstić information content (AvgIpc) is 3.81. The molecular formula is C55H37NS. The molecule has 1 heterocycles. The van der Waals surface area contributed by atoms with Crippen molar-refractivity contribution in [2.24, 2.45) is 0 Å². The summed E-state index contributed by atoms with van der Waals surface area (Å²) in [5, 5.41) is 2.61. The lowest BCUT2D eigenvalue weighted by molar-refractivity contribution is 0.768. The number of hydrogen-bond donors (Lipinski definition) is 0. The minimum absolute atomic E-state index is 0.502. The molecule has 0 fully saturated rings. The van der Waals surface area contributed by atoms with E-state index in [2.05, 4.69) is 229 Å². The standard InChI is InChI=1S/C55H37NS/c1-4-16-38(17-5-1)39-28-31-43(32-29-39)56(52-26-14-11-22-45(52)40-30-35-54-49(36-40)48-24-12-15-27-53(48)57-54)44-33-34-47-46-23-10-13-25-50(46)55(51(47)37-44,41-18-6-2-7-19-41)42-20-8-3-9-21-42/h1-37H. The van der Waals surface area contributed by atoms with Crippen LogP contribution in [-0.2, 0) is 5.41 Å². The summed E-state index contributed by atoms with van der Waals surface area (Å²) in [5.74, 6) is 0. The number of anilines is 3. The monoisotopic (exact) mass is 743 g/mol. The van der Waals surface area contributed by atoms with Crippen molar-refractivity contribution in [1.82, 2.24) is 0 Å². The summed E-state index contributed by atoms with van der Waals surface area (Å²) in [5.41, 5.74) is 15.3. The van der Waals surface area contributed by atoms with Crippen molar-refractivity contribution in [3.63, 3.8) is 0 Å². The fourth-order valence-corrected chi connectivity index (χ4v) is 10.3. The van der Waals surface area contributed by atoms with Crippen LogP contribution >= 0.6 is 11.3 Å². The minimum atomic E-state index is -0.502. The highest BCUT2D eigenvalue weighted by Crippen LogP contribution is 2.57. The van der Waals surface area contributed by atoms with Gasteiger partial charge < -0.3 is 4.90 Å². The molecule has 0 saturated carbocycles. The van der Waals surface area contributed by atoms with Gasteiger partial charge in [0.1, 0.15) is 0 Å². The third kappa shape index (κ3) is 5.37. The van der Waals surface area contributed by atoms with E-state index in [4.69, 9.17) is 0 Å². The van der Waals surface area contributed by atoms with Gasteiger partial charge in [0, 0.05) is 37.1 Å². The van der Waals surface area contributed by atoms with Gasteiger partial charge in [-0.25, -0.2) is 0 Å². The van der Waals surface area contributed by atoms with Crippen LogP contribution in [0.1, 0.15) is 22.3 Å². The maximum Gasteiger partial charge on any atom is 0.0714 e. The Balaban J connectivity index is 1.16. The average molecular weight is 744 g/mol. The highest BCUT2D eigenvalue weighted by atomic mass is 32.1. The van der Waals surface area contributed by atoms with Crippen LogP contribution in [-0.4, -0.2) is 0 Å². The molecule has 1 nitrogen and oxygen atoms in total. The van der Waals surface area contributed by atoms with Gasteiger partial charge in [0.05, 0.1) is 11.1 Å². The quantitative estimate of drug-likeness (QED) is 0.157. The number of thiophene rings is 1. The van der Waals surface area contributed by atoms with E-state index in [1.54, 1.807) is 0 Å². The maximum atomic E-state index is 2.47. The summed E-state index contributed by atoms with van der Waals surface area (Å²) >= 11 is 1.86. The molecule has 1 aromatic heterocycles. The van der Waals surface area contributed by atoms with E-state index in [-0.39, 0.29) is 0 Å². The first-order valence-electron chi connectivity index (χ1n) is 19.6. The fraction of sp³-hybridized carbons (Fsp3) is 0.0182. The molecule has 0 bridgehead atoms. The lowest BCUT2D eigenvalue weighted by atomic mass is 9.67. The Hall–Kier alpha value is -7.00.